The van der Waals surface area contributed by atoms with Gasteiger partial charge in [0, 0.05) is 18.5 Å². The van der Waals surface area contributed by atoms with Crippen molar-refractivity contribution in [1.82, 2.24) is 4.98 Å². The maximum absolute atomic E-state index is 10.8. The van der Waals surface area contributed by atoms with Crippen molar-refractivity contribution < 1.29 is 9.90 Å². The fraction of sp³-hybridized carbons (Fsp3) is 0.667. The highest BCUT2D eigenvalue weighted by atomic mass is 32.1. The molecule has 3 N–H and O–H groups in total. The highest BCUT2D eigenvalue weighted by Gasteiger charge is 2.25. The molecule has 0 radical (unpaired) electrons. The van der Waals surface area contributed by atoms with Crippen LogP contribution in [0.3, 0.4) is 0 Å². The third-order valence-electron chi connectivity index (χ3n) is 3.70. The fourth-order valence-corrected chi connectivity index (χ4v) is 3.03. The molecule has 1 fully saturated rings. The second kappa shape index (κ2) is 5.24. The predicted molar refractivity (Wildman–Crippen MR) is 71.8 cm³/mol. The molecular weight excluding hydrogens is 250 g/mol. The molecule has 2 rings (SSSR count). The molecule has 0 amide bonds. The number of carbonyl (C=O) groups is 1. The number of carboxylic acid groups (broad SMARTS) is 1. The summed E-state index contributed by atoms with van der Waals surface area (Å²) < 4.78 is 0. The Kier molecular flexibility index (Phi) is 3.87. The van der Waals surface area contributed by atoms with Crippen LogP contribution in [0.25, 0.3) is 0 Å². The number of nitrogens with two attached hydrogens (primary N) is 1. The van der Waals surface area contributed by atoms with E-state index in [0.29, 0.717) is 11.6 Å². The van der Waals surface area contributed by atoms with Crippen molar-refractivity contribution in [2.24, 2.45) is 17.6 Å². The maximum atomic E-state index is 10.8. The second-order valence-electron chi connectivity index (χ2n) is 5.06. The summed E-state index contributed by atoms with van der Waals surface area (Å²) in [5, 5.41) is 11.5. The van der Waals surface area contributed by atoms with Crippen LogP contribution in [0, 0.1) is 11.8 Å². The summed E-state index contributed by atoms with van der Waals surface area (Å²) in [6.07, 6.45) is 1.15. The van der Waals surface area contributed by atoms with Crippen molar-refractivity contribution >= 4 is 22.4 Å². The molecule has 100 valence electrons. The van der Waals surface area contributed by atoms with Gasteiger partial charge in [-0.3, -0.25) is 4.79 Å². The third-order valence-corrected chi connectivity index (χ3v) is 4.62. The van der Waals surface area contributed by atoms with Gasteiger partial charge in [0.2, 0.25) is 0 Å². The zero-order valence-electron chi connectivity index (χ0n) is 10.7. The van der Waals surface area contributed by atoms with Gasteiger partial charge in [0.15, 0.2) is 5.13 Å². The summed E-state index contributed by atoms with van der Waals surface area (Å²) in [6.45, 7) is 6.49. The van der Waals surface area contributed by atoms with E-state index < -0.39 is 12.0 Å². The van der Waals surface area contributed by atoms with E-state index in [4.69, 9.17) is 10.8 Å². The van der Waals surface area contributed by atoms with Gasteiger partial charge in [0.05, 0.1) is 5.69 Å². The average molecular weight is 269 g/mol. The summed E-state index contributed by atoms with van der Waals surface area (Å²) in [5.41, 5.74) is 6.01. The molecule has 0 bridgehead atoms. The van der Waals surface area contributed by atoms with Crippen molar-refractivity contribution in [3.05, 3.63) is 11.1 Å². The number of hydrogen-bond acceptors (Lipinski definition) is 5. The number of carboxylic acids is 1. The topological polar surface area (TPSA) is 79.5 Å². The molecule has 0 saturated carbocycles. The van der Waals surface area contributed by atoms with Crippen molar-refractivity contribution in [3.8, 4) is 0 Å². The number of anilines is 1. The molecule has 18 heavy (non-hydrogen) atoms. The molecule has 1 aliphatic heterocycles. The predicted octanol–water partition coefficient (Wildman–Crippen LogP) is 1.71. The zero-order valence-corrected chi connectivity index (χ0v) is 11.5. The average Bonchev–Trinajstić information content (AvgIpc) is 2.81. The Bertz CT molecular complexity index is 435. The monoisotopic (exact) mass is 269 g/mol. The van der Waals surface area contributed by atoms with Gasteiger partial charge in [0.1, 0.15) is 6.04 Å². The summed E-state index contributed by atoms with van der Waals surface area (Å²) in [4.78, 5) is 17.4. The van der Waals surface area contributed by atoms with Crippen LogP contribution >= 0.6 is 11.3 Å². The van der Waals surface area contributed by atoms with Crippen LogP contribution in [0.2, 0.25) is 0 Å². The minimum absolute atomic E-state index is 0.453. The lowest BCUT2D eigenvalue weighted by molar-refractivity contribution is -0.138. The van der Waals surface area contributed by atoms with E-state index in [-0.39, 0.29) is 0 Å². The molecule has 1 aromatic heterocycles. The number of aromatic nitrogens is 1. The standard InChI is InChI=1S/C12H19N3O2S/c1-7-3-4-15(5-8(7)2)12-14-9(6-18-12)10(13)11(16)17/h6-8,10H,3-5,13H2,1-2H3,(H,16,17). The number of thiazole rings is 1. The number of rotatable bonds is 3. The highest BCUT2D eigenvalue weighted by Crippen LogP contribution is 2.30. The van der Waals surface area contributed by atoms with Gasteiger partial charge < -0.3 is 15.7 Å². The van der Waals surface area contributed by atoms with Gasteiger partial charge in [-0.25, -0.2) is 4.98 Å². The normalized spacial score (nSPS) is 26.1. The van der Waals surface area contributed by atoms with Crippen LogP contribution in [0.4, 0.5) is 5.13 Å². The first kappa shape index (κ1) is 13.3. The van der Waals surface area contributed by atoms with Crippen LogP contribution in [-0.4, -0.2) is 29.1 Å². The van der Waals surface area contributed by atoms with Crippen LogP contribution < -0.4 is 10.6 Å². The van der Waals surface area contributed by atoms with E-state index in [1.165, 1.54) is 11.3 Å². The van der Waals surface area contributed by atoms with Gasteiger partial charge >= 0.3 is 5.97 Å². The molecular formula is C12H19N3O2S. The molecule has 5 nitrogen and oxygen atoms in total. The second-order valence-corrected chi connectivity index (χ2v) is 5.90. The lowest BCUT2D eigenvalue weighted by Gasteiger charge is -2.35. The maximum Gasteiger partial charge on any atom is 0.326 e. The molecule has 0 aliphatic carbocycles. The Labute approximate surface area is 111 Å². The summed E-state index contributed by atoms with van der Waals surface area (Å²) in [7, 11) is 0. The number of nitrogens with zero attached hydrogens (tertiary/aromatic N) is 2. The molecule has 2 heterocycles. The molecule has 0 spiro atoms. The van der Waals surface area contributed by atoms with Crippen molar-refractivity contribution in [2.45, 2.75) is 26.3 Å². The van der Waals surface area contributed by atoms with Crippen molar-refractivity contribution in [2.75, 3.05) is 18.0 Å². The smallest absolute Gasteiger partial charge is 0.326 e. The van der Waals surface area contributed by atoms with Gasteiger partial charge in [-0.1, -0.05) is 13.8 Å². The molecule has 6 heteroatoms. The molecule has 3 unspecified atom stereocenters. The molecule has 1 aromatic rings. The van der Waals surface area contributed by atoms with E-state index in [0.717, 1.165) is 30.6 Å². The summed E-state index contributed by atoms with van der Waals surface area (Å²) in [5.74, 6) is 0.341. The first-order valence-corrected chi connectivity index (χ1v) is 7.05. The number of aliphatic carboxylic acids is 1. The molecule has 3 atom stereocenters. The minimum Gasteiger partial charge on any atom is -0.480 e. The van der Waals surface area contributed by atoms with Crippen LogP contribution in [0.15, 0.2) is 5.38 Å². The van der Waals surface area contributed by atoms with Crippen LogP contribution in [-0.2, 0) is 4.79 Å². The molecule has 1 aliphatic rings. The van der Waals surface area contributed by atoms with Crippen LogP contribution in [0.1, 0.15) is 32.0 Å². The fourth-order valence-electron chi connectivity index (χ4n) is 2.13. The summed E-state index contributed by atoms with van der Waals surface area (Å²) >= 11 is 1.48. The number of piperidine rings is 1. The van der Waals surface area contributed by atoms with E-state index in [1.807, 2.05) is 0 Å². The number of hydrogen-bond donors (Lipinski definition) is 2. The quantitative estimate of drug-likeness (QED) is 0.873. The first-order chi connectivity index (χ1) is 8.49. The Morgan fingerprint density at radius 1 is 1.61 bits per heavy atom. The third kappa shape index (κ3) is 2.64. The Morgan fingerprint density at radius 3 is 2.94 bits per heavy atom. The van der Waals surface area contributed by atoms with Crippen LogP contribution in [0.5, 0.6) is 0 Å². The Hall–Kier alpha value is -1.14. The molecule has 1 saturated heterocycles. The van der Waals surface area contributed by atoms with E-state index in [9.17, 15) is 4.79 Å². The van der Waals surface area contributed by atoms with E-state index in [1.54, 1.807) is 5.38 Å². The Morgan fingerprint density at radius 2 is 2.33 bits per heavy atom. The van der Waals surface area contributed by atoms with Gasteiger partial charge in [0.25, 0.3) is 0 Å². The lowest BCUT2D eigenvalue weighted by Crippen LogP contribution is -2.38. The zero-order chi connectivity index (χ0) is 13.3. The minimum atomic E-state index is -1.03. The molecule has 0 aromatic carbocycles. The lowest BCUT2D eigenvalue weighted by atomic mass is 9.89. The van der Waals surface area contributed by atoms with E-state index in [2.05, 4.69) is 23.7 Å². The first-order valence-electron chi connectivity index (χ1n) is 6.17. The highest BCUT2D eigenvalue weighted by molar-refractivity contribution is 7.13. The largest absolute Gasteiger partial charge is 0.480 e. The van der Waals surface area contributed by atoms with Gasteiger partial charge in [-0.15, -0.1) is 11.3 Å². The van der Waals surface area contributed by atoms with E-state index >= 15 is 0 Å². The van der Waals surface area contributed by atoms with Gasteiger partial charge in [-0.2, -0.15) is 0 Å². The Balaban J connectivity index is 2.08. The summed E-state index contributed by atoms with van der Waals surface area (Å²) in [6, 6.07) is -1.02. The SMILES string of the molecule is CC1CCN(c2nc(C(N)C(=O)O)cs2)CC1C. The van der Waals surface area contributed by atoms with Crippen molar-refractivity contribution in [3.63, 3.8) is 0 Å². The van der Waals surface area contributed by atoms with Gasteiger partial charge in [-0.05, 0) is 18.3 Å². The van der Waals surface area contributed by atoms with Crippen molar-refractivity contribution in [1.29, 1.82) is 0 Å².